The number of ether oxygens (including phenoxy) is 2. The van der Waals surface area contributed by atoms with Gasteiger partial charge >= 0.3 is 0 Å². The molecular weight excluding hydrogens is 440 g/mol. The predicted molar refractivity (Wildman–Crippen MR) is 128 cm³/mol. The fraction of sp³-hybridized carbons (Fsp3) is 0.240. The van der Waals surface area contributed by atoms with Crippen LogP contribution in [0.5, 0.6) is 11.5 Å². The molecule has 1 N–H and O–H groups in total. The van der Waals surface area contributed by atoms with Crippen LogP contribution in [-0.2, 0) is 21.2 Å². The fourth-order valence-electron chi connectivity index (χ4n) is 3.31. The first-order valence-corrected chi connectivity index (χ1v) is 11.9. The number of rotatable bonds is 10. The van der Waals surface area contributed by atoms with Crippen molar-refractivity contribution < 1.29 is 22.7 Å². The van der Waals surface area contributed by atoms with Crippen LogP contribution in [-0.4, -0.2) is 41.6 Å². The Morgan fingerprint density at radius 2 is 1.64 bits per heavy atom. The maximum atomic E-state index is 13.6. The Kier molecular flexibility index (Phi) is 7.95. The average molecular weight is 469 g/mol. The van der Waals surface area contributed by atoms with Gasteiger partial charge in [0.2, 0.25) is 5.91 Å². The standard InChI is InChI=1S/C25H28N2O5S/c1-19-9-12-22(13-10-19)33(29,30)27(23-17-21(31-2)11-14-24(23)32-3)18-25(28)26-16-15-20-7-5-4-6-8-20/h4-14,17H,15-16,18H2,1-3H3,(H,26,28). The fourth-order valence-corrected chi connectivity index (χ4v) is 4.73. The number of carbonyl (C=O) groups excluding carboxylic acids is 1. The van der Waals surface area contributed by atoms with Gasteiger partial charge in [0.25, 0.3) is 10.0 Å². The molecular formula is C25H28N2O5S. The van der Waals surface area contributed by atoms with Crippen molar-refractivity contribution >= 4 is 21.6 Å². The van der Waals surface area contributed by atoms with Crippen molar-refractivity contribution in [3.8, 4) is 11.5 Å². The van der Waals surface area contributed by atoms with Gasteiger partial charge in [-0.15, -0.1) is 0 Å². The maximum Gasteiger partial charge on any atom is 0.264 e. The van der Waals surface area contributed by atoms with E-state index >= 15 is 0 Å². The number of amides is 1. The normalized spacial score (nSPS) is 11.0. The van der Waals surface area contributed by atoms with E-state index < -0.39 is 22.5 Å². The van der Waals surface area contributed by atoms with Crippen LogP contribution in [0.25, 0.3) is 0 Å². The molecule has 0 aliphatic carbocycles. The Labute approximate surface area is 195 Å². The molecule has 0 saturated carbocycles. The van der Waals surface area contributed by atoms with Crippen LogP contribution in [0.15, 0.2) is 77.7 Å². The number of hydrogen-bond acceptors (Lipinski definition) is 5. The number of nitrogens with zero attached hydrogens (tertiary/aromatic N) is 1. The van der Waals surface area contributed by atoms with Crippen molar-refractivity contribution in [2.75, 3.05) is 31.6 Å². The van der Waals surface area contributed by atoms with Gasteiger partial charge in [-0.1, -0.05) is 48.0 Å². The summed E-state index contributed by atoms with van der Waals surface area (Å²) in [6.45, 7) is 1.85. The van der Waals surface area contributed by atoms with Gasteiger partial charge in [-0.05, 0) is 43.2 Å². The average Bonchev–Trinajstić information content (AvgIpc) is 2.83. The third-order valence-electron chi connectivity index (χ3n) is 5.13. The van der Waals surface area contributed by atoms with E-state index in [4.69, 9.17) is 9.47 Å². The molecule has 174 valence electrons. The molecule has 0 spiro atoms. The minimum atomic E-state index is -4.06. The second-order valence-corrected chi connectivity index (χ2v) is 9.31. The number of aryl methyl sites for hydroxylation is 1. The summed E-state index contributed by atoms with van der Waals surface area (Å²) < 4.78 is 38.9. The van der Waals surface area contributed by atoms with Crippen LogP contribution in [0.3, 0.4) is 0 Å². The topological polar surface area (TPSA) is 84.9 Å². The van der Waals surface area contributed by atoms with E-state index in [1.165, 1.54) is 26.4 Å². The van der Waals surface area contributed by atoms with Crippen LogP contribution in [0, 0.1) is 6.92 Å². The highest BCUT2D eigenvalue weighted by molar-refractivity contribution is 7.92. The summed E-state index contributed by atoms with van der Waals surface area (Å²) >= 11 is 0. The van der Waals surface area contributed by atoms with Crippen molar-refractivity contribution in [3.63, 3.8) is 0 Å². The minimum absolute atomic E-state index is 0.0788. The minimum Gasteiger partial charge on any atom is -0.497 e. The van der Waals surface area contributed by atoms with Gasteiger partial charge in [0.15, 0.2) is 0 Å². The van der Waals surface area contributed by atoms with Crippen LogP contribution in [0.4, 0.5) is 5.69 Å². The summed E-state index contributed by atoms with van der Waals surface area (Å²) in [5.41, 5.74) is 2.23. The SMILES string of the molecule is COc1ccc(OC)c(N(CC(=O)NCCc2ccccc2)S(=O)(=O)c2ccc(C)cc2)c1. The summed E-state index contributed by atoms with van der Waals surface area (Å²) in [4.78, 5) is 12.9. The Bertz CT molecular complexity index is 1180. The summed E-state index contributed by atoms with van der Waals surface area (Å²) in [5.74, 6) is 0.328. The molecule has 8 heteroatoms. The van der Waals surface area contributed by atoms with E-state index in [-0.39, 0.29) is 10.6 Å². The van der Waals surface area contributed by atoms with E-state index in [9.17, 15) is 13.2 Å². The zero-order valence-electron chi connectivity index (χ0n) is 18.9. The zero-order valence-corrected chi connectivity index (χ0v) is 19.8. The Hall–Kier alpha value is -3.52. The summed E-state index contributed by atoms with van der Waals surface area (Å²) in [6, 6.07) is 21.0. The second kappa shape index (κ2) is 10.9. The lowest BCUT2D eigenvalue weighted by Gasteiger charge is -2.26. The van der Waals surface area contributed by atoms with Crippen LogP contribution >= 0.6 is 0 Å². The van der Waals surface area contributed by atoms with Gasteiger partial charge in [-0.3, -0.25) is 9.10 Å². The molecule has 3 aromatic rings. The highest BCUT2D eigenvalue weighted by atomic mass is 32.2. The molecule has 0 unspecified atom stereocenters. The molecule has 0 aliphatic rings. The quantitative estimate of drug-likeness (QED) is 0.492. The highest BCUT2D eigenvalue weighted by Gasteiger charge is 2.29. The molecule has 0 aromatic heterocycles. The molecule has 7 nitrogen and oxygen atoms in total. The number of sulfonamides is 1. The molecule has 0 radical (unpaired) electrons. The van der Waals surface area contributed by atoms with Gasteiger partial charge in [0.05, 0.1) is 24.8 Å². The number of carbonyl (C=O) groups is 1. The third kappa shape index (κ3) is 6.04. The van der Waals surface area contributed by atoms with Gasteiger partial charge in [-0.2, -0.15) is 0 Å². The molecule has 0 heterocycles. The molecule has 3 rings (SSSR count). The van der Waals surface area contributed by atoms with Crippen molar-refractivity contribution in [1.29, 1.82) is 0 Å². The number of hydrogen-bond donors (Lipinski definition) is 1. The van der Waals surface area contributed by atoms with Gasteiger partial charge in [-0.25, -0.2) is 8.42 Å². The number of benzene rings is 3. The number of nitrogens with one attached hydrogen (secondary N) is 1. The van der Waals surface area contributed by atoms with E-state index in [1.54, 1.807) is 30.3 Å². The van der Waals surface area contributed by atoms with Crippen LogP contribution in [0.1, 0.15) is 11.1 Å². The van der Waals surface area contributed by atoms with E-state index in [0.717, 1.165) is 15.4 Å². The molecule has 0 fully saturated rings. The monoisotopic (exact) mass is 468 g/mol. The summed E-state index contributed by atoms with van der Waals surface area (Å²) in [6.07, 6.45) is 0.639. The van der Waals surface area contributed by atoms with E-state index in [1.807, 2.05) is 37.3 Å². The Balaban J connectivity index is 1.90. The van der Waals surface area contributed by atoms with Gasteiger partial charge in [0, 0.05) is 12.6 Å². The van der Waals surface area contributed by atoms with Crippen LogP contribution in [0.2, 0.25) is 0 Å². The lowest BCUT2D eigenvalue weighted by Crippen LogP contribution is -2.41. The smallest absolute Gasteiger partial charge is 0.264 e. The predicted octanol–water partition coefficient (Wildman–Crippen LogP) is 3.57. The Morgan fingerprint density at radius 1 is 0.939 bits per heavy atom. The first kappa shape index (κ1) is 24.1. The van der Waals surface area contributed by atoms with Crippen molar-refractivity contribution in [1.82, 2.24) is 5.32 Å². The lowest BCUT2D eigenvalue weighted by atomic mass is 10.1. The highest BCUT2D eigenvalue weighted by Crippen LogP contribution is 2.35. The molecule has 0 atom stereocenters. The molecule has 1 amide bonds. The first-order chi connectivity index (χ1) is 15.8. The Morgan fingerprint density at radius 3 is 2.27 bits per heavy atom. The summed E-state index contributed by atoms with van der Waals surface area (Å²) in [5, 5.41) is 2.81. The molecule has 3 aromatic carbocycles. The van der Waals surface area contributed by atoms with Crippen molar-refractivity contribution in [3.05, 3.63) is 83.9 Å². The third-order valence-corrected chi connectivity index (χ3v) is 6.90. The molecule has 0 saturated heterocycles. The van der Waals surface area contributed by atoms with Crippen LogP contribution < -0.4 is 19.1 Å². The van der Waals surface area contributed by atoms with Gasteiger partial charge in [0.1, 0.15) is 18.0 Å². The number of anilines is 1. The largest absolute Gasteiger partial charge is 0.497 e. The first-order valence-electron chi connectivity index (χ1n) is 10.5. The van der Waals surface area contributed by atoms with E-state index in [2.05, 4.69) is 5.32 Å². The molecule has 33 heavy (non-hydrogen) atoms. The van der Waals surface area contributed by atoms with Crippen molar-refractivity contribution in [2.45, 2.75) is 18.2 Å². The lowest BCUT2D eigenvalue weighted by molar-refractivity contribution is -0.119. The summed E-state index contributed by atoms with van der Waals surface area (Å²) in [7, 11) is -1.13. The second-order valence-electron chi connectivity index (χ2n) is 7.45. The maximum absolute atomic E-state index is 13.6. The molecule has 0 aliphatic heterocycles. The number of methoxy groups -OCH3 is 2. The van der Waals surface area contributed by atoms with Crippen molar-refractivity contribution in [2.24, 2.45) is 0 Å². The zero-order chi connectivity index (χ0) is 23.8. The van der Waals surface area contributed by atoms with E-state index in [0.29, 0.717) is 24.5 Å². The molecule has 0 bridgehead atoms. The van der Waals surface area contributed by atoms with Gasteiger partial charge < -0.3 is 14.8 Å².